The number of ether oxygens (including phenoxy) is 1. The lowest BCUT2D eigenvalue weighted by Gasteiger charge is -2.22. The van der Waals surface area contributed by atoms with Crippen LogP contribution in [0.3, 0.4) is 0 Å². The minimum atomic E-state index is -0.629. The molecular formula is C19H23N3O3. The van der Waals surface area contributed by atoms with Gasteiger partial charge in [0.1, 0.15) is 11.8 Å². The van der Waals surface area contributed by atoms with E-state index in [1.165, 1.54) is 0 Å². The first-order valence-corrected chi connectivity index (χ1v) is 8.12. The summed E-state index contributed by atoms with van der Waals surface area (Å²) in [6.07, 6.45) is 3.37. The largest absolute Gasteiger partial charge is 0.497 e. The van der Waals surface area contributed by atoms with Crippen LogP contribution in [-0.2, 0) is 11.3 Å². The molecule has 132 valence electrons. The molecule has 0 radical (unpaired) electrons. The van der Waals surface area contributed by atoms with Crippen LogP contribution in [0.25, 0.3) is 0 Å². The average Bonchev–Trinajstić information content (AvgIpc) is 2.64. The summed E-state index contributed by atoms with van der Waals surface area (Å²) in [4.78, 5) is 28.9. The minimum Gasteiger partial charge on any atom is -0.497 e. The quantitative estimate of drug-likeness (QED) is 0.809. The molecule has 0 unspecified atom stereocenters. The van der Waals surface area contributed by atoms with Gasteiger partial charge >= 0.3 is 0 Å². The van der Waals surface area contributed by atoms with E-state index in [0.717, 1.165) is 5.56 Å². The lowest BCUT2D eigenvalue weighted by Crippen LogP contribution is -2.49. The highest BCUT2D eigenvalue weighted by Crippen LogP contribution is 2.13. The van der Waals surface area contributed by atoms with E-state index in [1.807, 2.05) is 26.0 Å². The molecule has 0 saturated heterocycles. The van der Waals surface area contributed by atoms with Crippen molar-refractivity contribution in [3.8, 4) is 5.75 Å². The number of methoxy groups -OCH3 is 1. The molecule has 0 aliphatic carbocycles. The van der Waals surface area contributed by atoms with E-state index >= 15 is 0 Å². The second-order valence-corrected chi connectivity index (χ2v) is 6.01. The summed E-state index contributed by atoms with van der Waals surface area (Å²) < 4.78 is 5.13. The van der Waals surface area contributed by atoms with E-state index in [4.69, 9.17) is 4.74 Å². The van der Waals surface area contributed by atoms with Crippen molar-refractivity contribution in [2.75, 3.05) is 7.11 Å². The van der Waals surface area contributed by atoms with Crippen LogP contribution in [0.4, 0.5) is 0 Å². The molecule has 2 amide bonds. The number of hydrogen-bond donors (Lipinski definition) is 2. The van der Waals surface area contributed by atoms with E-state index in [9.17, 15) is 9.59 Å². The lowest BCUT2D eigenvalue weighted by molar-refractivity contribution is -0.124. The number of amides is 2. The van der Waals surface area contributed by atoms with E-state index in [1.54, 1.807) is 43.8 Å². The van der Waals surface area contributed by atoms with Crippen LogP contribution in [0, 0.1) is 5.92 Å². The first-order valence-electron chi connectivity index (χ1n) is 8.12. The zero-order valence-corrected chi connectivity index (χ0v) is 14.7. The van der Waals surface area contributed by atoms with Gasteiger partial charge in [0.25, 0.3) is 5.91 Å². The van der Waals surface area contributed by atoms with E-state index in [0.29, 0.717) is 17.9 Å². The van der Waals surface area contributed by atoms with Gasteiger partial charge in [-0.2, -0.15) is 0 Å². The molecule has 25 heavy (non-hydrogen) atoms. The molecule has 1 aromatic carbocycles. The Kier molecular flexibility index (Phi) is 6.51. The van der Waals surface area contributed by atoms with Crippen molar-refractivity contribution in [2.45, 2.75) is 26.4 Å². The van der Waals surface area contributed by atoms with Crippen molar-refractivity contribution >= 4 is 11.8 Å². The number of carbonyl (C=O) groups excluding carboxylic acids is 2. The number of aromatic nitrogens is 1. The molecule has 0 fully saturated rings. The van der Waals surface area contributed by atoms with Gasteiger partial charge in [0.15, 0.2) is 0 Å². The fourth-order valence-electron chi connectivity index (χ4n) is 2.33. The van der Waals surface area contributed by atoms with Gasteiger partial charge in [-0.25, -0.2) is 0 Å². The molecular weight excluding hydrogens is 318 g/mol. The van der Waals surface area contributed by atoms with Crippen molar-refractivity contribution in [1.82, 2.24) is 15.6 Å². The maximum Gasteiger partial charge on any atom is 0.252 e. The zero-order valence-electron chi connectivity index (χ0n) is 14.7. The molecule has 2 aromatic rings. The van der Waals surface area contributed by atoms with Gasteiger partial charge in [-0.15, -0.1) is 0 Å². The van der Waals surface area contributed by atoms with Gasteiger partial charge < -0.3 is 15.4 Å². The first-order chi connectivity index (χ1) is 12.0. The topological polar surface area (TPSA) is 80.3 Å². The van der Waals surface area contributed by atoms with Crippen LogP contribution in [0.2, 0.25) is 0 Å². The summed E-state index contributed by atoms with van der Waals surface area (Å²) in [5, 5.41) is 5.64. The van der Waals surface area contributed by atoms with Crippen molar-refractivity contribution in [3.63, 3.8) is 0 Å². The Morgan fingerprint density at radius 1 is 1.20 bits per heavy atom. The molecule has 1 atom stereocenters. The standard InChI is InChI=1S/C19H23N3O3/c1-13(2)17(19(24)21-12-14-6-5-9-20-11-14)22-18(23)15-7-4-8-16(10-15)25-3/h4-11,13,17H,12H2,1-3H3,(H,21,24)(H,22,23)/t17-/m0/s1. The zero-order chi connectivity index (χ0) is 18.2. The number of nitrogens with zero attached hydrogens (tertiary/aromatic N) is 1. The second-order valence-electron chi connectivity index (χ2n) is 6.01. The lowest BCUT2D eigenvalue weighted by atomic mass is 10.0. The highest BCUT2D eigenvalue weighted by atomic mass is 16.5. The molecule has 0 aliphatic heterocycles. The van der Waals surface area contributed by atoms with E-state index in [-0.39, 0.29) is 17.7 Å². The van der Waals surface area contributed by atoms with Crippen LogP contribution >= 0.6 is 0 Å². The molecule has 6 nitrogen and oxygen atoms in total. The summed E-state index contributed by atoms with van der Waals surface area (Å²) in [5.41, 5.74) is 1.35. The van der Waals surface area contributed by atoms with Crippen LogP contribution in [-0.4, -0.2) is 29.9 Å². The molecule has 1 heterocycles. The van der Waals surface area contributed by atoms with Crippen LogP contribution in [0.15, 0.2) is 48.8 Å². The molecule has 2 rings (SSSR count). The Hall–Kier alpha value is -2.89. The monoisotopic (exact) mass is 341 g/mol. The normalized spacial score (nSPS) is 11.7. The number of nitrogens with one attached hydrogen (secondary N) is 2. The third kappa shape index (κ3) is 5.31. The summed E-state index contributed by atoms with van der Waals surface area (Å²) in [6.45, 7) is 4.14. The van der Waals surface area contributed by atoms with Crippen LogP contribution in [0.5, 0.6) is 5.75 Å². The molecule has 2 N–H and O–H groups in total. The fourth-order valence-corrected chi connectivity index (χ4v) is 2.33. The highest BCUT2D eigenvalue weighted by molar-refractivity contribution is 5.97. The predicted molar refractivity (Wildman–Crippen MR) is 95.2 cm³/mol. The smallest absolute Gasteiger partial charge is 0.252 e. The Labute approximate surface area is 147 Å². The summed E-state index contributed by atoms with van der Waals surface area (Å²) in [6, 6.07) is 9.88. The molecule has 0 bridgehead atoms. The second kappa shape index (κ2) is 8.82. The van der Waals surface area contributed by atoms with Gasteiger partial charge in [-0.3, -0.25) is 14.6 Å². The van der Waals surface area contributed by atoms with Crippen molar-refractivity contribution < 1.29 is 14.3 Å². The maximum absolute atomic E-state index is 12.5. The van der Waals surface area contributed by atoms with Crippen LogP contribution < -0.4 is 15.4 Å². The average molecular weight is 341 g/mol. The number of pyridine rings is 1. The Balaban J connectivity index is 2.01. The summed E-state index contributed by atoms with van der Waals surface area (Å²) in [7, 11) is 1.54. The number of rotatable bonds is 7. The highest BCUT2D eigenvalue weighted by Gasteiger charge is 2.24. The third-order valence-electron chi connectivity index (χ3n) is 3.76. The molecule has 6 heteroatoms. The fraction of sp³-hybridized carbons (Fsp3) is 0.316. The van der Waals surface area contributed by atoms with Gasteiger partial charge in [-0.1, -0.05) is 26.0 Å². The first kappa shape index (κ1) is 18.4. The van der Waals surface area contributed by atoms with Gasteiger partial charge in [0.2, 0.25) is 5.91 Å². The predicted octanol–water partition coefficient (Wildman–Crippen LogP) is 2.16. The number of benzene rings is 1. The Morgan fingerprint density at radius 2 is 2.00 bits per heavy atom. The number of carbonyl (C=O) groups is 2. The SMILES string of the molecule is COc1cccc(C(=O)N[C@H](C(=O)NCc2cccnc2)C(C)C)c1. The van der Waals surface area contributed by atoms with E-state index < -0.39 is 6.04 Å². The Bertz CT molecular complexity index is 717. The third-order valence-corrected chi connectivity index (χ3v) is 3.76. The number of hydrogen-bond acceptors (Lipinski definition) is 4. The molecule has 0 aliphatic rings. The summed E-state index contributed by atoms with van der Waals surface area (Å²) >= 11 is 0. The Morgan fingerprint density at radius 3 is 2.64 bits per heavy atom. The summed E-state index contributed by atoms with van der Waals surface area (Å²) in [5.74, 6) is 0.00228. The van der Waals surface area contributed by atoms with Crippen molar-refractivity contribution in [1.29, 1.82) is 0 Å². The molecule has 0 spiro atoms. The van der Waals surface area contributed by atoms with Crippen LogP contribution in [0.1, 0.15) is 29.8 Å². The van der Waals surface area contributed by atoms with E-state index in [2.05, 4.69) is 15.6 Å². The molecule has 0 saturated carbocycles. The van der Waals surface area contributed by atoms with Gasteiger partial charge in [0.05, 0.1) is 7.11 Å². The van der Waals surface area contributed by atoms with Gasteiger partial charge in [-0.05, 0) is 35.7 Å². The molecule has 1 aromatic heterocycles. The minimum absolute atomic E-state index is 0.0524. The van der Waals surface area contributed by atoms with Crippen molar-refractivity contribution in [2.24, 2.45) is 5.92 Å². The maximum atomic E-state index is 12.5. The van der Waals surface area contributed by atoms with Gasteiger partial charge in [0, 0.05) is 24.5 Å². The van der Waals surface area contributed by atoms with Crippen molar-refractivity contribution in [3.05, 3.63) is 59.9 Å².